The van der Waals surface area contributed by atoms with Crippen molar-refractivity contribution in [1.82, 2.24) is 9.80 Å². The normalized spacial score (nSPS) is 29.2. The Hall–Kier alpha value is -1.29. The molecule has 1 amide bonds. The largest absolute Gasteiger partial charge is 0.465 e. The number of hydrogen-bond acceptors (Lipinski definition) is 3. The number of furan rings is 1. The molecule has 3 fully saturated rings. The van der Waals surface area contributed by atoms with Gasteiger partial charge in [0.2, 0.25) is 5.91 Å². The van der Waals surface area contributed by atoms with E-state index < -0.39 is 0 Å². The van der Waals surface area contributed by atoms with E-state index in [0.717, 1.165) is 57.1 Å². The highest BCUT2D eigenvalue weighted by molar-refractivity contribution is 5.80. The number of nitrogens with zero attached hydrogens (tertiary/aromatic N) is 2. The molecule has 0 aromatic carbocycles. The molecule has 0 bridgehead atoms. The Labute approximate surface area is 138 Å². The van der Waals surface area contributed by atoms with E-state index in [1.807, 2.05) is 13.0 Å². The summed E-state index contributed by atoms with van der Waals surface area (Å²) in [7, 11) is 0. The quantitative estimate of drug-likeness (QED) is 0.859. The van der Waals surface area contributed by atoms with Crippen LogP contribution in [0.15, 0.2) is 16.5 Å². The second-order valence-electron chi connectivity index (χ2n) is 7.96. The fourth-order valence-electron chi connectivity index (χ4n) is 4.61. The maximum Gasteiger partial charge on any atom is 0.225 e. The first-order valence-electron chi connectivity index (χ1n) is 9.20. The van der Waals surface area contributed by atoms with Gasteiger partial charge in [-0.15, -0.1) is 0 Å². The molecule has 1 unspecified atom stereocenters. The van der Waals surface area contributed by atoms with Crippen molar-refractivity contribution < 1.29 is 9.21 Å². The van der Waals surface area contributed by atoms with Gasteiger partial charge in [-0.25, -0.2) is 0 Å². The number of piperidine rings is 1. The molecule has 3 heterocycles. The zero-order chi connectivity index (χ0) is 15.9. The van der Waals surface area contributed by atoms with Crippen LogP contribution in [0.5, 0.6) is 0 Å². The van der Waals surface area contributed by atoms with Crippen molar-refractivity contribution in [3.8, 4) is 0 Å². The highest BCUT2D eigenvalue weighted by Gasteiger charge is 2.44. The molecule has 4 heteroatoms. The zero-order valence-corrected chi connectivity index (χ0v) is 14.2. The third-order valence-corrected chi connectivity index (χ3v) is 6.12. The lowest BCUT2D eigenvalue weighted by atomic mass is 9.79. The van der Waals surface area contributed by atoms with Gasteiger partial charge in [0.25, 0.3) is 0 Å². The molecule has 3 aliphatic rings. The van der Waals surface area contributed by atoms with Crippen LogP contribution < -0.4 is 0 Å². The maximum absolute atomic E-state index is 12.5. The number of rotatable bonds is 3. The predicted molar refractivity (Wildman–Crippen MR) is 88.9 cm³/mol. The molecule has 4 rings (SSSR count). The number of aryl methyl sites for hydroxylation is 1. The number of hydrogen-bond donors (Lipinski definition) is 0. The summed E-state index contributed by atoms with van der Waals surface area (Å²) in [6.45, 7) is 7.13. The van der Waals surface area contributed by atoms with Crippen molar-refractivity contribution in [2.45, 2.75) is 52.0 Å². The van der Waals surface area contributed by atoms with E-state index >= 15 is 0 Å². The van der Waals surface area contributed by atoms with Gasteiger partial charge in [0, 0.05) is 31.0 Å². The molecule has 1 saturated carbocycles. The molecular weight excluding hydrogens is 288 g/mol. The summed E-state index contributed by atoms with van der Waals surface area (Å²) in [4.78, 5) is 17.2. The molecule has 1 aromatic rings. The Kier molecular flexibility index (Phi) is 3.96. The van der Waals surface area contributed by atoms with Crippen LogP contribution in [0.25, 0.3) is 0 Å². The first kappa shape index (κ1) is 15.3. The van der Waals surface area contributed by atoms with E-state index in [1.165, 1.54) is 25.7 Å². The molecule has 1 aromatic heterocycles. The van der Waals surface area contributed by atoms with Crippen molar-refractivity contribution >= 4 is 5.91 Å². The highest BCUT2D eigenvalue weighted by atomic mass is 16.3. The zero-order valence-electron chi connectivity index (χ0n) is 14.2. The first-order valence-corrected chi connectivity index (χ1v) is 9.20. The SMILES string of the molecule is Cc1ccc(CN2CCCC3(CCN(C(=O)C4CCC4)C3)C2)o1. The molecule has 4 nitrogen and oxygen atoms in total. The van der Waals surface area contributed by atoms with Crippen LogP contribution in [0.1, 0.15) is 50.0 Å². The van der Waals surface area contributed by atoms with Gasteiger partial charge in [0.05, 0.1) is 6.54 Å². The Morgan fingerprint density at radius 1 is 1.22 bits per heavy atom. The van der Waals surface area contributed by atoms with Gasteiger partial charge in [-0.2, -0.15) is 0 Å². The van der Waals surface area contributed by atoms with Crippen LogP contribution >= 0.6 is 0 Å². The molecular formula is C19H28N2O2. The second-order valence-corrected chi connectivity index (χ2v) is 7.96. The predicted octanol–water partition coefficient (Wildman–Crippen LogP) is 3.20. The lowest BCUT2D eigenvalue weighted by Crippen LogP contribution is -2.46. The fourth-order valence-corrected chi connectivity index (χ4v) is 4.61. The third kappa shape index (κ3) is 3.06. The fraction of sp³-hybridized carbons (Fsp3) is 0.737. The molecule has 1 atom stereocenters. The van der Waals surface area contributed by atoms with Crippen molar-refractivity contribution in [3.05, 3.63) is 23.7 Å². The Bertz CT molecular complexity index is 578. The van der Waals surface area contributed by atoms with Crippen LogP contribution in [-0.4, -0.2) is 41.9 Å². The minimum absolute atomic E-state index is 0.333. The Morgan fingerprint density at radius 2 is 2.09 bits per heavy atom. The van der Waals surface area contributed by atoms with E-state index in [4.69, 9.17) is 4.42 Å². The third-order valence-electron chi connectivity index (χ3n) is 6.12. The molecule has 126 valence electrons. The summed E-state index contributed by atoms with van der Waals surface area (Å²) in [5.41, 5.74) is 0.333. The molecule has 1 spiro atoms. The van der Waals surface area contributed by atoms with Crippen LogP contribution in [0.2, 0.25) is 0 Å². The van der Waals surface area contributed by atoms with Gasteiger partial charge < -0.3 is 9.32 Å². The Balaban J connectivity index is 1.37. The summed E-state index contributed by atoms with van der Waals surface area (Å²) >= 11 is 0. The van der Waals surface area contributed by atoms with Crippen molar-refractivity contribution in [1.29, 1.82) is 0 Å². The molecule has 1 aliphatic carbocycles. The lowest BCUT2D eigenvalue weighted by Gasteiger charge is -2.40. The molecule has 2 saturated heterocycles. The van der Waals surface area contributed by atoms with E-state index in [1.54, 1.807) is 0 Å². The van der Waals surface area contributed by atoms with Gasteiger partial charge in [-0.05, 0) is 57.7 Å². The number of carbonyl (C=O) groups excluding carboxylic acids is 1. The number of carbonyl (C=O) groups is 1. The number of likely N-dealkylation sites (tertiary alicyclic amines) is 2. The second kappa shape index (κ2) is 5.97. The van der Waals surface area contributed by atoms with Gasteiger partial charge in [0.15, 0.2) is 0 Å². The van der Waals surface area contributed by atoms with E-state index in [9.17, 15) is 4.79 Å². The average Bonchev–Trinajstić information content (AvgIpc) is 3.04. The molecule has 0 radical (unpaired) electrons. The first-order chi connectivity index (χ1) is 11.1. The van der Waals surface area contributed by atoms with E-state index in [2.05, 4.69) is 15.9 Å². The molecule has 2 aliphatic heterocycles. The van der Waals surface area contributed by atoms with Crippen LogP contribution in [-0.2, 0) is 11.3 Å². The highest BCUT2D eigenvalue weighted by Crippen LogP contribution is 2.41. The van der Waals surface area contributed by atoms with Gasteiger partial charge in [0.1, 0.15) is 11.5 Å². The summed E-state index contributed by atoms with van der Waals surface area (Å²) in [6.07, 6.45) is 7.17. The topological polar surface area (TPSA) is 36.7 Å². The Morgan fingerprint density at radius 3 is 2.78 bits per heavy atom. The molecule has 0 N–H and O–H groups in total. The molecule has 23 heavy (non-hydrogen) atoms. The van der Waals surface area contributed by atoms with Gasteiger partial charge >= 0.3 is 0 Å². The minimum Gasteiger partial charge on any atom is -0.465 e. The summed E-state index contributed by atoms with van der Waals surface area (Å²) < 4.78 is 5.74. The average molecular weight is 316 g/mol. The lowest BCUT2D eigenvalue weighted by molar-refractivity contribution is -0.137. The van der Waals surface area contributed by atoms with Gasteiger partial charge in [-0.3, -0.25) is 9.69 Å². The smallest absolute Gasteiger partial charge is 0.225 e. The van der Waals surface area contributed by atoms with Crippen LogP contribution in [0.4, 0.5) is 0 Å². The number of amides is 1. The minimum atomic E-state index is 0.333. The van der Waals surface area contributed by atoms with Crippen molar-refractivity contribution in [3.63, 3.8) is 0 Å². The van der Waals surface area contributed by atoms with E-state index in [0.29, 0.717) is 17.2 Å². The van der Waals surface area contributed by atoms with Crippen molar-refractivity contribution in [2.24, 2.45) is 11.3 Å². The van der Waals surface area contributed by atoms with E-state index in [-0.39, 0.29) is 0 Å². The van der Waals surface area contributed by atoms with Crippen molar-refractivity contribution in [2.75, 3.05) is 26.2 Å². The van der Waals surface area contributed by atoms with Gasteiger partial charge in [-0.1, -0.05) is 6.42 Å². The summed E-state index contributed by atoms with van der Waals surface area (Å²) in [5, 5.41) is 0. The van der Waals surface area contributed by atoms with Crippen LogP contribution in [0.3, 0.4) is 0 Å². The monoisotopic (exact) mass is 316 g/mol. The van der Waals surface area contributed by atoms with Crippen LogP contribution in [0, 0.1) is 18.3 Å². The standard InChI is InChI=1S/C19H28N2O2/c1-15-6-7-17(23-15)12-20-10-3-8-19(13-20)9-11-21(14-19)18(22)16-4-2-5-16/h6-7,16H,2-5,8-14H2,1H3. The maximum atomic E-state index is 12.5. The summed E-state index contributed by atoms with van der Waals surface area (Å²) in [6, 6.07) is 4.14. The summed E-state index contributed by atoms with van der Waals surface area (Å²) in [5.74, 6) is 2.84.